The van der Waals surface area contributed by atoms with Crippen LogP contribution in [0.15, 0.2) is 18.3 Å². The molecule has 0 amide bonds. The molecule has 1 aromatic heterocycles. The van der Waals surface area contributed by atoms with Crippen LogP contribution in [0.25, 0.3) is 0 Å². The van der Waals surface area contributed by atoms with E-state index in [-0.39, 0.29) is 0 Å². The molecule has 0 bridgehead atoms. The van der Waals surface area contributed by atoms with Crippen molar-refractivity contribution in [2.75, 3.05) is 50.7 Å². The summed E-state index contributed by atoms with van der Waals surface area (Å²) in [4.78, 5) is 9.60. The fraction of sp³-hybridized carbons (Fsp3) is 0.688. The van der Waals surface area contributed by atoms with Gasteiger partial charge in [-0.25, -0.2) is 4.98 Å². The van der Waals surface area contributed by atoms with E-state index in [0.717, 1.165) is 24.8 Å². The van der Waals surface area contributed by atoms with Crippen LogP contribution in [0.1, 0.15) is 18.4 Å². The van der Waals surface area contributed by atoms with Crippen molar-refractivity contribution in [3.05, 3.63) is 23.9 Å². The summed E-state index contributed by atoms with van der Waals surface area (Å²) in [5.41, 5.74) is 1.23. The molecule has 0 spiro atoms. The van der Waals surface area contributed by atoms with Crippen LogP contribution in [0.5, 0.6) is 0 Å². The molecule has 0 aliphatic carbocycles. The Morgan fingerprint density at radius 2 is 1.90 bits per heavy atom. The van der Waals surface area contributed by atoms with Crippen LogP contribution in [0.3, 0.4) is 0 Å². The molecule has 0 radical (unpaired) electrons. The van der Waals surface area contributed by atoms with E-state index in [9.17, 15) is 0 Å². The third-order valence-corrected chi connectivity index (χ3v) is 4.57. The van der Waals surface area contributed by atoms with E-state index in [2.05, 4.69) is 39.2 Å². The minimum absolute atomic E-state index is 0.903. The molecule has 4 nitrogen and oxygen atoms in total. The molecule has 20 heavy (non-hydrogen) atoms. The first kappa shape index (κ1) is 13.8. The fourth-order valence-corrected chi connectivity index (χ4v) is 3.24. The number of hydrogen-bond donors (Lipinski definition) is 1. The van der Waals surface area contributed by atoms with Crippen LogP contribution in [-0.4, -0.2) is 55.7 Å². The summed E-state index contributed by atoms with van der Waals surface area (Å²) in [7, 11) is 0. The zero-order valence-electron chi connectivity index (χ0n) is 12.5. The summed E-state index contributed by atoms with van der Waals surface area (Å²) >= 11 is 0. The third-order valence-electron chi connectivity index (χ3n) is 4.57. The summed E-state index contributed by atoms with van der Waals surface area (Å²) in [6.45, 7) is 10.4. The quantitative estimate of drug-likeness (QED) is 0.905. The highest BCUT2D eigenvalue weighted by Gasteiger charge is 2.21. The van der Waals surface area contributed by atoms with Gasteiger partial charge in [0, 0.05) is 38.9 Å². The lowest BCUT2D eigenvalue weighted by molar-refractivity contribution is 0.196. The average molecular weight is 274 g/mol. The molecular formula is C16H26N4. The van der Waals surface area contributed by atoms with Gasteiger partial charge in [-0.05, 0) is 50.4 Å². The molecule has 1 N–H and O–H groups in total. The maximum Gasteiger partial charge on any atom is 0.128 e. The molecular weight excluding hydrogens is 248 g/mol. The molecule has 2 aliphatic rings. The van der Waals surface area contributed by atoms with Crippen molar-refractivity contribution < 1.29 is 0 Å². The number of hydrogen-bond acceptors (Lipinski definition) is 4. The molecule has 2 fully saturated rings. The maximum atomic E-state index is 4.54. The molecule has 2 aliphatic heterocycles. The lowest BCUT2D eigenvalue weighted by Gasteiger charge is -2.37. The van der Waals surface area contributed by atoms with E-state index in [4.69, 9.17) is 0 Å². The highest BCUT2D eigenvalue weighted by Crippen LogP contribution is 2.17. The lowest BCUT2D eigenvalue weighted by atomic mass is 9.97. The third kappa shape index (κ3) is 3.49. The molecule has 0 saturated carbocycles. The van der Waals surface area contributed by atoms with Crippen LogP contribution in [0.2, 0.25) is 0 Å². The van der Waals surface area contributed by atoms with Gasteiger partial charge in [0.1, 0.15) is 5.82 Å². The van der Waals surface area contributed by atoms with Crippen LogP contribution < -0.4 is 10.2 Å². The minimum atomic E-state index is 0.903. The van der Waals surface area contributed by atoms with Crippen molar-refractivity contribution in [3.63, 3.8) is 0 Å². The first-order valence-corrected chi connectivity index (χ1v) is 7.92. The standard InChI is InChI=1S/C16H26N4/c1-14-2-3-16(18-12-14)20-10-8-19(9-11-20)13-15-4-6-17-7-5-15/h2-3,12,15,17H,4-11,13H2,1H3. The van der Waals surface area contributed by atoms with Crippen molar-refractivity contribution in [1.82, 2.24) is 15.2 Å². The molecule has 110 valence electrons. The van der Waals surface area contributed by atoms with E-state index < -0.39 is 0 Å². The van der Waals surface area contributed by atoms with Gasteiger partial charge in [-0.15, -0.1) is 0 Å². The van der Waals surface area contributed by atoms with E-state index in [0.29, 0.717) is 0 Å². The predicted octanol–water partition coefficient (Wildman–Crippen LogP) is 1.51. The van der Waals surface area contributed by atoms with Gasteiger partial charge in [-0.1, -0.05) is 6.07 Å². The SMILES string of the molecule is Cc1ccc(N2CCN(CC3CCNCC3)CC2)nc1. The second-order valence-electron chi connectivity index (χ2n) is 6.17. The first-order chi connectivity index (χ1) is 9.81. The number of aromatic nitrogens is 1. The fourth-order valence-electron chi connectivity index (χ4n) is 3.24. The number of nitrogens with zero attached hydrogens (tertiary/aromatic N) is 3. The van der Waals surface area contributed by atoms with E-state index >= 15 is 0 Å². The monoisotopic (exact) mass is 274 g/mol. The summed E-state index contributed by atoms with van der Waals surface area (Å²) < 4.78 is 0. The molecule has 2 saturated heterocycles. The number of rotatable bonds is 3. The van der Waals surface area contributed by atoms with Crippen LogP contribution >= 0.6 is 0 Å². The maximum absolute atomic E-state index is 4.54. The predicted molar refractivity (Wildman–Crippen MR) is 83.2 cm³/mol. The smallest absolute Gasteiger partial charge is 0.128 e. The highest BCUT2D eigenvalue weighted by molar-refractivity contribution is 5.39. The average Bonchev–Trinajstić information content (AvgIpc) is 2.50. The largest absolute Gasteiger partial charge is 0.354 e. The number of nitrogens with one attached hydrogen (secondary N) is 1. The minimum Gasteiger partial charge on any atom is -0.354 e. The van der Waals surface area contributed by atoms with Crippen molar-refractivity contribution in [2.45, 2.75) is 19.8 Å². The van der Waals surface area contributed by atoms with Crippen molar-refractivity contribution in [2.24, 2.45) is 5.92 Å². The molecule has 4 heteroatoms. The summed E-state index contributed by atoms with van der Waals surface area (Å²) in [6.07, 6.45) is 4.66. The molecule has 0 atom stereocenters. The van der Waals surface area contributed by atoms with Gasteiger partial charge in [0.15, 0.2) is 0 Å². The van der Waals surface area contributed by atoms with Gasteiger partial charge in [-0.2, -0.15) is 0 Å². The van der Waals surface area contributed by atoms with Crippen molar-refractivity contribution in [1.29, 1.82) is 0 Å². The second-order valence-corrected chi connectivity index (χ2v) is 6.17. The molecule has 3 heterocycles. The second kappa shape index (κ2) is 6.55. The number of pyridine rings is 1. The van der Waals surface area contributed by atoms with E-state index in [1.54, 1.807) is 0 Å². The zero-order chi connectivity index (χ0) is 13.8. The van der Waals surface area contributed by atoms with Gasteiger partial charge in [0.05, 0.1) is 0 Å². The number of piperidine rings is 1. The number of aryl methyl sites for hydroxylation is 1. The van der Waals surface area contributed by atoms with Crippen LogP contribution in [-0.2, 0) is 0 Å². The van der Waals surface area contributed by atoms with E-state index in [1.807, 2.05) is 6.20 Å². The Bertz CT molecular complexity index is 403. The molecule has 3 rings (SSSR count). The summed E-state index contributed by atoms with van der Waals surface area (Å²) in [5, 5.41) is 3.45. The number of piperazine rings is 1. The van der Waals surface area contributed by atoms with Gasteiger partial charge < -0.3 is 10.2 Å². The Hall–Kier alpha value is -1.13. The van der Waals surface area contributed by atoms with Crippen molar-refractivity contribution in [3.8, 4) is 0 Å². The summed E-state index contributed by atoms with van der Waals surface area (Å²) in [5.74, 6) is 2.04. The van der Waals surface area contributed by atoms with Crippen LogP contribution in [0.4, 0.5) is 5.82 Å². The summed E-state index contributed by atoms with van der Waals surface area (Å²) in [6, 6.07) is 4.31. The van der Waals surface area contributed by atoms with Gasteiger partial charge in [0.25, 0.3) is 0 Å². The Labute approximate surface area is 122 Å². The van der Waals surface area contributed by atoms with Gasteiger partial charge in [0.2, 0.25) is 0 Å². The van der Waals surface area contributed by atoms with Gasteiger partial charge in [-0.3, -0.25) is 4.90 Å². The molecule has 0 unspecified atom stereocenters. The zero-order valence-corrected chi connectivity index (χ0v) is 12.5. The highest BCUT2D eigenvalue weighted by atomic mass is 15.3. The Kier molecular flexibility index (Phi) is 4.53. The molecule has 0 aromatic carbocycles. The van der Waals surface area contributed by atoms with Crippen molar-refractivity contribution >= 4 is 5.82 Å². The van der Waals surface area contributed by atoms with Crippen LogP contribution in [0, 0.1) is 12.8 Å². The van der Waals surface area contributed by atoms with E-state index in [1.165, 1.54) is 51.1 Å². The lowest BCUT2D eigenvalue weighted by Crippen LogP contribution is -2.48. The van der Waals surface area contributed by atoms with Gasteiger partial charge >= 0.3 is 0 Å². The topological polar surface area (TPSA) is 31.4 Å². The first-order valence-electron chi connectivity index (χ1n) is 7.92. The Morgan fingerprint density at radius 1 is 1.15 bits per heavy atom. The Morgan fingerprint density at radius 3 is 2.55 bits per heavy atom. The number of anilines is 1. The Balaban J connectivity index is 1.47. The molecule has 1 aromatic rings. The normalized spacial score (nSPS) is 22.1.